The minimum atomic E-state index is -1.05. The van der Waals surface area contributed by atoms with E-state index in [9.17, 15) is 9.59 Å². The first-order valence-corrected chi connectivity index (χ1v) is 6.05. The van der Waals surface area contributed by atoms with Gasteiger partial charge in [-0.05, 0) is 25.1 Å². The average Bonchev–Trinajstić information content (AvgIpc) is 2.37. The van der Waals surface area contributed by atoms with Crippen molar-refractivity contribution in [1.29, 1.82) is 0 Å². The molecule has 104 valence electrons. The third-order valence-corrected chi connectivity index (χ3v) is 3.15. The summed E-state index contributed by atoms with van der Waals surface area (Å²) in [6, 6.07) is 4.10. The third kappa shape index (κ3) is 3.86. The zero-order valence-electron chi connectivity index (χ0n) is 11.0. The van der Waals surface area contributed by atoms with Crippen molar-refractivity contribution in [2.24, 2.45) is 0 Å². The Hall–Kier alpha value is -1.75. The van der Waals surface area contributed by atoms with Gasteiger partial charge in [-0.15, -0.1) is 0 Å². The molecule has 0 saturated carbocycles. The molecule has 0 radical (unpaired) electrons. The molecule has 1 amide bonds. The predicted octanol–water partition coefficient (Wildman–Crippen LogP) is 1.82. The maximum absolute atomic E-state index is 12.0. The van der Waals surface area contributed by atoms with Crippen molar-refractivity contribution in [3.05, 3.63) is 28.8 Å². The number of halogens is 1. The Kier molecular flexibility index (Phi) is 5.18. The van der Waals surface area contributed by atoms with Crippen LogP contribution in [-0.4, -0.2) is 42.1 Å². The molecule has 0 heterocycles. The summed E-state index contributed by atoms with van der Waals surface area (Å²) in [6.07, 6.45) is 0.0395. The van der Waals surface area contributed by atoms with E-state index >= 15 is 0 Å². The van der Waals surface area contributed by atoms with Gasteiger partial charge in [-0.2, -0.15) is 0 Å². The van der Waals surface area contributed by atoms with Gasteiger partial charge in [-0.1, -0.05) is 11.6 Å². The number of rotatable bonds is 5. The summed E-state index contributed by atoms with van der Waals surface area (Å²) >= 11 is 5.88. The Morgan fingerprint density at radius 1 is 1.47 bits per heavy atom. The van der Waals surface area contributed by atoms with Crippen LogP contribution in [0.5, 0.6) is 5.75 Å². The second-order valence-electron chi connectivity index (χ2n) is 4.15. The van der Waals surface area contributed by atoms with E-state index in [-0.39, 0.29) is 12.3 Å². The van der Waals surface area contributed by atoms with Gasteiger partial charge in [0.15, 0.2) is 0 Å². The summed E-state index contributed by atoms with van der Waals surface area (Å²) in [5, 5.41) is 9.37. The van der Waals surface area contributed by atoms with Crippen LogP contribution in [0, 0.1) is 0 Å². The molecule has 1 rings (SSSR count). The monoisotopic (exact) mass is 285 g/mol. The Bertz CT molecular complexity index is 490. The average molecular weight is 286 g/mol. The summed E-state index contributed by atoms with van der Waals surface area (Å²) in [4.78, 5) is 24.0. The maximum Gasteiger partial charge on any atom is 0.326 e. The number of carboxylic acid groups (broad SMARTS) is 1. The van der Waals surface area contributed by atoms with E-state index in [1.54, 1.807) is 18.2 Å². The molecule has 6 heteroatoms. The fraction of sp³-hybridized carbons (Fsp3) is 0.385. The van der Waals surface area contributed by atoms with E-state index in [1.165, 1.54) is 26.0 Å². The molecule has 0 aliphatic carbocycles. The van der Waals surface area contributed by atoms with Crippen molar-refractivity contribution in [3.63, 3.8) is 0 Å². The predicted molar refractivity (Wildman–Crippen MR) is 71.6 cm³/mol. The molecule has 1 unspecified atom stereocenters. The van der Waals surface area contributed by atoms with Crippen LogP contribution in [0.2, 0.25) is 5.02 Å². The van der Waals surface area contributed by atoms with Crippen LogP contribution >= 0.6 is 11.6 Å². The number of hydrogen-bond donors (Lipinski definition) is 1. The van der Waals surface area contributed by atoms with E-state index in [2.05, 4.69) is 0 Å². The first-order chi connectivity index (χ1) is 8.86. The van der Waals surface area contributed by atoms with Crippen molar-refractivity contribution in [2.75, 3.05) is 14.2 Å². The lowest BCUT2D eigenvalue weighted by molar-refractivity contribution is -0.148. The molecule has 0 fully saturated rings. The molecule has 0 spiro atoms. The van der Waals surface area contributed by atoms with Gasteiger partial charge in [-0.3, -0.25) is 4.79 Å². The minimum Gasteiger partial charge on any atom is -0.496 e. The lowest BCUT2D eigenvalue weighted by atomic mass is 10.1. The maximum atomic E-state index is 12.0. The number of benzene rings is 1. The van der Waals surface area contributed by atoms with E-state index in [1.807, 2.05) is 0 Å². The number of amides is 1. The largest absolute Gasteiger partial charge is 0.496 e. The van der Waals surface area contributed by atoms with Crippen LogP contribution in [0.4, 0.5) is 0 Å². The van der Waals surface area contributed by atoms with Crippen LogP contribution in [0.3, 0.4) is 0 Å². The Balaban J connectivity index is 2.87. The summed E-state index contributed by atoms with van der Waals surface area (Å²) in [7, 11) is 2.96. The van der Waals surface area contributed by atoms with Crippen molar-refractivity contribution in [2.45, 2.75) is 19.4 Å². The Morgan fingerprint density at radius 2 is 2.11 bits per heavy atom. The van der Waals surface area contributed by atoms with Crippen LogP contribution in [0.15, 0.2) is 18.2 Å². The number of aliphatic carboxylic acids is 1. The van der Waals surface area contributed by atoms with Gasteiger partial charge in [0.05, 0.1) is 13.5 Å². The van der Waals surface area contributed by atoms with E-state index in [0.29, 0.717) is 16.3 Å². The van der Waals surface area contributed by atoms with Gasteiger partial charge in [0, 0.05) is 17.6 Å². The molecule has 5 nitrogen and oxygen atoms in total. The van der Waals surface area contributed by atoms with E-state index < -0.39 is 12.0 Å². The number of likely N-dealkylation sites (N-methyl/N-ethyl adjacent to an activating group) is 1. The molecule has 0 saturated heterocycles. The first-order valence-electron chi connectivity index (χ1n) is 5.67. The molecule has 0 aliphatic rings. The fourth-order valence-corrected chi connectivity index (χ4v) is 1.75. The molecular weight excluding hydrogens is 270 g/mol. The van der Waals surface area contributed by atoms with Crippen molar-refractivity contribution < 1.29 is 19.4 Å². The molecule has 0 aliphatic heterocycles. The second-order valence-corrected chi connectivity index (χ2v) is 4.59. The van der Waals surface area contributed by atoms with Crippen molar-refractivity contribution in [3.8, 4) is 5.75 Å². The standard InChI is InChI=1S/C13H16ClNO4/c1-8(13(17)18)15(2)12(16)7-9-6-10(14)4-5-11(9)19-3/h4-6,8H,7H2,1-3H3,(H,17,18). The highest BCUT2D eigenvalue weighted by molar-refractivity contribution is 6.30. The Morgan fingerprint density at radius 3 is 2.63 bits per heavy atom. The number of carbonyl (C=O) groups is 2. The molecule has 19 heavy (non-hydrogen) atoms. The van der Waals surface area contributed by atoms with E-state index in [4.69, 9.17) is 21.4 Å². The summed E-state index contributed by atoms with van der Waals surface area (Å²) in [5.41, 5.74) is 0.629. The molecular formula is C13H16ClNO4. The molecule has 0 bridgehead atoms. The van der Waals surface area contributed by atoms with E-state index in [0.717, 1.165) is 0 Å². The lowest BCUT2D eigenvalue weighted by Gasteiger charge is -2.22. The lowest BCUT2D eigenvalue weighted by Crippen LogP contribution is -2.41. The fourth-order valence-electron chi connectivity index (χ4n) is 1.55. The summed E-state index contributed by atoms with van der Waals surface area (Å²) in [6.45, 7) is 1.45. The molecule has 1 aromatic carbocycles. The highest BCUT2D eigenvalue weighted by Crippen LogP contribution is 2.23. The Labute approximate surface area is 116 Å². The van der Waals surface area contributed by atoms with Gasteiger partial charge >= 0.3 is 5.97 Å². The van der Waals surface area contributed by atoms with Crippen LogP contribution in [0.25, 0.3) is 0 Å². The highest BCUT2D eigenvalue weighted by atomic mass is 35.5. The van der Waals surface area contributed by atoms with Crippen molar-refractivity contribution in [1.82, 2.24) is 4.90 Å². The van der Waals surface area contributed by atoms with Gasteiger partial charge in [0.1, 0.15) is 11.8 Å². The summed E-state index contributed by atoms with van der Waals surface area (Å²) in [5.74, 6) is -0.807. The zero-order chi connectivity index (χ0) is 14.6. The number of carboxylic acids is 1. The summed E-state index contributed by atoms with van der Waals surface area (Å²) < 4.78 is 5.14. The van der Waals surface area contributed by atoms with Gasteiger partial charge < -0.3 is 14.7 Å². The van der Waals surface area contributed by atoms with Gasteiger partial charge in [0.25, 0.3) is 0 Å². The van der Waals surface area contributed by atoms with Crippen LogP contribution in [-0.2, 0) is 16.0 Å². The number of methoxy groups -OCH3 is 1. The number of hydrogen-bond acceptors (Lipinski definition) is 3. The highest BCUT2D eigenvalue weighted by Gasteiger charge is 2.22. The molecule has 1 atom stereocenters. The normalized spacial score (nSPS) is 11.8. The van der Waals surface area contributed by atoms with Crippen LogP contribution in [0.1, 0.15) is 12.5 Å². The third-order valence-electron chi connectivity index (χ3n) is 2.92. The number of nitrogens with zero attached hydrogens (tertiary/aromatic N) is 1. The smallest absolute Gasteiger partial charge is 0.326 e. The van der Waals surface area contributed by atoms with Crippen molar-refractivity contribution >= 4 is 23.5 Å². The first kappa shape index (κ1) is 15.3. The topological polar surface area (TPSA) is 66.8 Å². The SMILES string of the molecule is COc1ccc(Cl)cc1CC(=O)N(C)C(C)C(=O)O. The minimum absolute atomic E-state index is 0.0395. The second kappa shape index (κ2) is 6.43. The molecule has 1 aromatic rings. The number of ether oxygens (including phenoxy) is 1. The molecule has 1 N–H and O–H groups in total. The van der Waals surface area contributed by atoms with Gasteiger partial charge in [-0.25, -0.2) is 4.79 Å². The molecule has 0 aromatic heterocycles. The zero-order valence-corrected chi connectivity index (χ0v) is 11.8. The van der Waals surface area contributed by atoms with Gasteiger partial charge in [0.2, 0.25) is 5.91 Å². The number of carbonyl (C=O) groups excluding carboxylic acids is 1. The quantitative estimate of drug-likeness (QED) is 0.896. The van der Waals surface area contributed by atoms with Crippen LogP contribution < -0.4 is 4.74 Å².